The van der Waals surface area contributed by atoms with Gasteiger partial charge in [0.05, 0.1) is 16.8 Å². The Morgan fingerprint density at radius 2 is 2.06 bits per heavy atom. The Morgan fingerprint density at radius 1 is 1.26 bits per heavy atom. The van der Waals surface area contributed by atoms with Gasteiger partial charge in [-0.2, -0.15) is 0 Å². The summed E-state index contributed by atoms with van der Waals surface area (Å²) in [7, 11) is -3.53. The second kappa shape index (κ2) is 8.27. The molecule has 0 saturated heterocycles. The first-order valence-corrected chi connectivity index (χ1v) is 12.2. The first-order valence-electron chi connectivity index (χ1n) is 9.57. The highest BCUT2D eigenvalue weighted by Crippen LogP contribution is 2.34. The van der Waals surface area contributed by atoms with Gasteiger partial charge in [0.25, 0.3) is 0 Å². The standard InChI is InChI=1S/C19H21N7O3S2/c1-11(2)29-25-14-7-9-26(31(4,27)28)18-15(14)22-17(23-24-18)16-12(3)21-19(30-16)13-6-5-8-20-10-13/h5-6,8,10-11H,7,9H2,1-4H3/b25-14+. The molecule has 0 spiro atoms. The van der Waals surface area contributed by atoms with Crippen LogP contribution in [0.2, 0.25) is 0 Å². The average Bonchev–Trinajstić information content (AvgIpc) is 3.13. The van der Waals surface area contributed by atoms with Gasteiger partial charge in [-0.3, -0.25) is 9.29 Å². The maximum absolute atomic E-state index is 12.2. The number of aromatic nitrogens is 5. The van der Waals surface area contributed by atoms with Crippen LogP contribution >= 0.6 is 11.3 Å². The predicted molar refractivity (Wildman–Crippen MR) is 118 cm³/mol. The van der Waals surface area contributed by atoms with E-state index >= 15 is 0 Å². The first kappa shape index (κ1) is 21.2. The average molecular weight is 460 g/mol. The molecule has 0 fully saturated rings. The van der Waals surface area contributed by atoms with Crippen LogP contribution < -0.4 is 4.31 Å². The Labute approximate surface area is 184 Å². The first-order chi connectivity index (χ1) is 14.7. The van der Waals surface area contributed by atoms with Gasteiger partial charge < -0.3 is 4.84 Å². The predicted octanol–water partition coefficient (Wildman–Crippen LogP) is 2.66. The van der Waals surface area contributed by atoms with E-state index in [1.165, 1.54) is 15.6 Å². The summed E-state index contributed by atoms with van der Waals surface area (Å²) in [5, 5.41) is 13.4. The fourth-order valence-electron chi connectivity index (χ4n) is 3.01. The van der Waals surface area contributed by atoms with Crippen molar-refractivity contribution in [2.24, 2.45) is 5.16 Å². The lowest BCUT2D eigenvalue weighted by atomic mass is 10.1. The molecular formula is C19H21N7O3S2. The number of fused-ring (bicyclic) bond motifs is 1. The monoisotopic (exact) mass is 459 g/mol. The van der Waals surface area contributed by atoms with Crippen molar-refractivity contribution in [2.45, 2.75) is 33.3 Å². The summed E-state index contributed by atoms with van der Waals surface area (Å²) < 4.78 is 25.7. The normalized spacial score (nSPS) is 15.4. The fraction of sp³-hybridized carbons (Fsp3) is 0.368. The van der Waals surface area contributed by atoms with E-state index in [1.807, 2.05) is 32.9 Å². The Hall–Kier alpha value is -2.99. The molecular weight excluding hydrogens is 438 g/mol. The number of sulfonamides is 1. The molecule has 10 nitrogen and oxygen atoms in total. The SMILES string of the molecule is Cc1nc(-c2cccnc2)sc1-c1nnc2c(n1)/C(=N/OC(C)C)CCN2S(C)(=O)=O. The van der Waals surface area contributed by atoms with Crippen molar-refractivity contribution in [1.82, 2.24) is 25.1 Å². The topological polar surface area (TPSA) is 123 Å². The van der Waals surface area contributed by atoms with Gasteiger partial charge in [0, 0.05) is 30.9 Å². The molecule has 1 aliphatic rings. The Kier molecular flexibility index (Phi) is 5.67. The lowest BCUT2D eigenvalue weighted by Crippen LogP contribution is -2.38. The summed E-state index contributed by atoms with van der Waals surface area (Å²) >= 11 is 1.42. The quantitative estimate of drug-likeness (QED) is 0.534. The maximum Gasteiger partial charge on any atom is 0.233 e. The molecule has 1 aliphatic heterocycles. The van der Waals surface area contributed by atoms with Crippen LogP contribution in [0.25, 0.3) is 21.3 Å². The van der Waals surface area contributed by atoms with Crippen molar-refractivity contribution in [1.29, 1.82) is 0 Å². The molecule has 3 aromatic heterocycles. The molecule has 4 rings (SSSR count). The molecule has 0 aliphatic carbocycles. The van der Waals surface area contributed by atoms with E-state index in [4.69, 9.17) is 4.84 Å². The minimum Gasteiger partial charge on any atom is -0.393 e. The number of hydrogen-bond donors (Lipinski definition) is 0. The van der Waals surface area contributed by atoms with E-state index in [0.29, 0.717) is 23.7 Å². The highest BCUT2D eigenvalue weighted by Gasteiger charge is 2.32. The lowest BCUT2D eigenvalue weighted by Gasteiger charge is -2.27. The number of oxime groups is 1. The van der Waals surface area contributed by atoms with E-state index in [2.05, 4.69) is 30.3 Å². The van der Waals surface area contributed by atoms with E-state index < -0.39 is 10.0 Å². The highest BCUT2D eigenvalue weighted by atomic mass is 32.2. The molecule has 0 atom stereocenters. The van der Waals surface area contributed by atoms with Crippen molar-refractivity contribution in [2.75, 3.05) is 17.1 Å². The molecule has 3 aromatic rings. The van der Waals surface area contributed by atoms with E-state index in [1.54, 1.807) is 12.4 Å². The summed E-state index contributed by atoms with van der Waals surface area (Å²) in [6.07, 6.45) is 4.81. The Bertz CT molecular complexity index is 1240. The smallest absolute Gasteiger partial charge is 0.233 e. The van der Waals surface area contributed by atoms with Gasteiger partial charge in [-0.05, 0) is 32.9 Å². The molecule has 0 radical (unpaired) electrons. The number of aryl methyl sites for hydroxylation is 1. The summed E-state index contributed by atoms with van der Waals surface area (Å²) in [5.74, 6) is 0.509. The van der Waals surface area contributed by atoms with Crippen LogP contribution in [0.15, 0.2) is 29.7 Å². The zero-order valence-electron chi connectivity index (χ0n) is 17.5. The van der Waals surface area contributed by atoms with Gasteiger partial charge in [-0.25, -0.2) is 18.4 Å². The summed E-state index contributed by atoms with van der Waals surface area (Å²) in [4.78, 5) is 19.5. The Morgan fingerprint density at radius 3 is 2.74 bits per heavy atom. The van der Waals surface area contributed by atoms with E-state index in [-0.39, 0.29) is 18.5 Å². The van der Waals surface area contributed by atoms with Gasteiger partial charge in [0.1, 0.15) is 22.5 Å². The van der Waals surface area contributed by atoms with Crippen LogP contribution in [-0.4, -0.2) is 58.2 Å². The van der Waals surface area contributed by atoms with Gasteiger partial charge in [-0.1, -0.05) is 5.16 Å². The summed E-state index contributed by atoms with van der Waals surface area (Å²) in [6.45, 7) is 5.79. The minimum atomic E-state index is -3.53. The maximum atomic E-state index is 12.2. The largest absolute Gasteiger partial charge is 0.393 e. The lowest BCUT2D eigenvalue weighted by molar-refractivity contribution is 0.0855. The van der Waals surface area contributed by atoms with E-state index in [0.717, 1.165) is 27.4 Å². The molecule has 0 N–H and O–H groups in total. The third-order valence-electron chi connectivity index (χ3n) is 4.41. The number of anilines is 1. The molecule has 31 heavy (non-hydrogen) atoms. The molecule has 4 heterocycles. The molecule has 0 bridgehead atoms. The van der Waals surface area contributed by atoms with Gasteiger partial charge in [0.15, 0.2) is 11.6 Å². The highest BCUT2D eigenvalue weighted by molar-refractivity contribution is 7.92. The van der Waals surface area contributed by atoms with Crippen LogP contribution in [0.5, 0.6) is 0 Å². The van der Waals surface area contributed by atoms with Crippen LogP contribution in [0.1, 0.15) is 31.7 Å². The summed E-state index contributed by atoms with van der Waals surface area (Å²) in [6, 6.07) is 3.78. The van der Waals surface area contributed by atoms with Crippen LogP contribution in [-0.2, 0) is 14.9 Å². The summed E-state index contributed by atoms with van der Waals surface area (Å²) in [5.41, 5.74) is 2.52. The zero-order chi connectivity index (χ0) is 22.2. The van der Waals surface area contributed by atoms with Crippen molar-refractivity contribution in [3.63, 3.8) is 0 Å². The van der Waals surface area contributed by atoms with Crippen LogP contribution in [0.4, 0.5) is 5.82 Å². The van der Waals surface area contributed by atoms with Crippen LogP contribution in [0.3, 0.4) is 0 Å². The zero-order valence-corrected chi connectivity index (χ0v) is 19.1. The second-order valence-corrected chi connectivity index (χ2v) is 10.2. The molecule has 0 aromatic carbocycles. The van der Waals surface area contributed by atoms with Crippen molar-refractivity contribution in [3.8, 4) is 21.3 Å². The number of thiazole rings is 1. The number of hydrogen-bond acceptors (Lipinski definition) is 10. The van der Waals surface area contributed by atoms with Crippen molar-refractivity contribution >= 4 is 32.9 Å². The fourth-order valence-corrected chi connectivity index (χ4v) is 4.85. The third kappa shape index (κ3) is 4.39. The van der Waals surface area contributed by atoms with Crippen LogP contribution in [0, 0.1) is 6.92 Å². The van der Waals surface area contributed by atoms with E-state index in [9.17, 15) is 8.42 Å². The minimum absolute atomic E-state index is 0.121. The molecule has 162 valence electrons. The van der Waals surface area contributed by atoms with Gasteiger partial charge in [0.2, 0.25) is 10.0 Å². The molecule has 12 heteroatoms. The molecule has 0 unspecified atom stereocenters. The number of rotatable bonds is 5. The number of nitrogens with zero attached hydrogens (tertiary/aromatic N) is 7. The van der Waals surface area contributed by atoms with Gasteiger partial charge in [-0.15, -0.1) is 21.5 Å². The van der Waals surface area contributed by atoms with Crippen molar-refractivity contribution < 1.29 is 13.3 Å². The molecule has 0 amide bonds. The third-order valence-corrected chi connectivity index (χ3v) is 6.77. The number of pyridine rings is 1. The van der Waals surface area contributed by atoms with Crippen molar-refractivity contribution in [3.05, 3.63) is 35.9 Å². The molecule has 0 saturated carbocycles. The second-order valence-electron chi connectivity index (χ2n) is 7.26. The Balaban J connectivity index is 1.81. The van der Waals surface area contributed by atoms with Gasteiger partial charge >= 0.3 is 0 Å².